The van der Waals surface area contributed by atoms with Gasteiger partial charge in [0.1, 0.15) is 0 Å². The van der Waals surface area contributed by atoms with Crippen molar-refractivity contribution in [3.8, 4) is 0 Å². The molecule has 0 amide bonds. The van der Waals surface area contributed by atoms with E-state index >= 15 is 0 Å². The van der Waals surface area contributed by atoms with Crippen LogP contribution in [0, 0.1) is 11.1 Å². The second kappa shape index (κ2) is 6.23. The van der Waals surface area contributed by atoms with Crippen molar-refractivity contribution in [2.75, 3.05) is 0 Å². The molecule has 0 bridgehead atoms. The highest BCUT2D eigenvalue weighted by atomic mass is 19.4. The van der Waals surface area contributed by atoms with Crippen molar-refractivity contribution in [3.05, 3.63) is 52.5 Å². The Morgan fingerprint density at radius 2 is 1.83 bits per heavy atom. The van der Waals surface area contributed by atoms with Crippen LogP contribution in [0.3, 0.4) is 0 Å². The molecule has 0 aromatic heterocycles. The summed E-state index contributed by atoms with van der Waals surface area (Å²) < 4.78 is 39.5. The molecule has 0 radical (unpaired) electrons. The lowest BCUT2D eigenvalue weighted by atomic mass is 9.87. The molecule has 2 aliphatic rings. The van der Waals surface area contributed by atoms with Gasteiger partial charge in [-0.15, -0.1) is 0 Å². The van der Waals surface area contributed by atoms with Gasteiger partial charge in [-0.2, -0.15) is 13.2 Å². The Kier molecular flexibility index (Phi) is 4.30. The van der Waals surface area contributed by atoms with Gasteiger partial charge in [-0.3, -0.25) is 5.43 Å². The Labute approximate surface area is 132 Å². The van der Waals surface area contributed by atoms with Gasteiger partial charge < -0.3 is 10.4 Å². The highest BCUT2D eigenvalue weighted by Gasteiger charge is 2.35. The van der Waals surface area contributed by atoms with E-state index in [1.807, 2.05) is 0 Å². The highest BCUT2D eigenvalue weighted by molar-refractivity contribution is 6.01. The van der Waals surface area contributed by atoms with Crippen LogP contribution in [0.4, 0.5) is 13.2 Å². The van der Waals surface area contributed by atoms with Crippen molar-refractivity contribution in [1.29, 1.82) is 0 Å². The third kappa shape index (κ3) is 3.50. The molecule has 0 atom stereocenters. The number of amidine groups is 1. The van der Waals surface area contributed by atoms with E-state index in [2.05, 4.69) is 10.4 Å². The number of hydrogen-bond acceptors (Lipinski definition) is 4. The molecule has 4 nitrogen and oxygen atoms in total. The number of nitrogens with zero attached hydrogens (tertiary/aromatic N) is 2. The third-order valence-electron chi connectivity index (χ3n) is 4.22. The average molecular weight is 324 g/mol. The van der Waals surface area contributed by atoms with Crippen LogP contribution in [0.5, 0.6) is 0 Å². The van der Waals surface area contributed by atoms with Gasteiger partial charge in [0, 0.05) is 17.7 Å². The van der Waals surface area contributed by atoms with Gasteiger partial charge in [0.25, 0.3) is 0 Å². The molecule has 0 unspecified atom stereocenters. The number of aliphatic imine (C=N–C) groups is 1. The van der Waals surface area contributed by atoms with Crippen LogP contribution < -0.4 is 5.43 Å². The topological polar surface area (TPSA) is 50.7 Å². The SMILES string of the molecule is [O-]N1C=C(C2CCCCC2)N=C(c2ccccc2C(F)(F)F)N1. The molecule has 23 heavy (non-hydrogen) atoms. The van der Waals surface area contributed by atoms with E-state index in [4.69, 9.17) is 0 Å². The van der Waals surface area contributed by atoms with Crippen LogP contribution in [0.25, 0.3) is 0 Å². The van der Waals surface area contributed by atoms with Gasteiger partial charge in [-0.1, -0.05) is 37.5 Å². The summed E-state index contributed by atoms with van der Waals surface area (Å²) in [6, 6.07) is 5.14. The van der Waals surface area contributed by atoms with Gasteiger partial charge in [0.15, 0.2) is 5.84 Å². The molecule has 1 fully saturated rings. The molecule has 3 rings (SSSR count). The smallest absolute Gasteiger partial charge is 0.417 e. The van der Waals surface area contributed by atoms with E-state index < -0.39 is 11.7 Å². The summed E-state index contributed by atoms with van der Waals surface area (Å²) in [5.41, 5.74) is 2.02. The molecule has 0 spiro atoms. The van der Waals surface area contributed by atoms with Gasteiger partial charge in [0.05, 0.1) is 11.3 Å². The van der Waals surface area contributed by atoms with E-state index in [-0.39, 0.29) is 17.3 Å². The molecule has 1 aliphatic heterocycles. The second-order valence-electron chi connectivity index (χ2n) is 5.83. The van der Waals surface area contributed by atoms with Gasteiger partial charge >= 0.3 is 6.18 Å². The molecule has 1 aromatic carbocycles. The van der Waals surface area contributed by atoms with Crippen molar-refractivity contribution in [2.24, 2.45) is 10.9 Å². The minimum absolute atomic E-state index is 0.0454. The van der Waals surface area contributed by atoms with Crippen molar-refractivity contribution >= 4 is 5.84 Å². The van der Waals surface area contributed by atoms with Crippen LogP contribution in [0.15, 0.2) is 41.2 Å². The van der Waals surface area contributed by atoms with Crippen molar-refractivity contribution in [3.63, 3.8) is 0 Å². The quantitative estimate of drug-likeness (QED) is 0.887. The number of nitrogens with one attached hydrogen (secondary N) is 1. The van der Waals surface area contributed by atoms with E-state index in [9.17, 15) is 18.4 Å². The molecule has 1 heterocycles. The second-order valence-corrected chi connectivity index (χ2v) is 5.83. The zero-order valence-corrected chi connectivity index (χ0v) is 12.4. The number of hydroxylamine groups is 1. The van der Waals surface area contributed by atoms with Crippen LogP contribution in [-0.2, 0) is 6.18 Å². The monoisotopic (exact) mass is 324 g/mol. The van der Waals surface area contributed by atoms with E-state index in [0.29, 0.717) is 10.9 Å². The molecule has 0 saturated heterocycles. The normalized spacial score (nSPS) is 19.9. The van der Waals surface area contributed by atoms with Crippen molar-refractivity contribution in [2.45, 2.75) is 38.3 Å². The molecule has 7 heteroatoms. The Hall–Kier alpha value is -2.02. The molecule has 124 valence electrons. The molecule has 1 N–H and O–H groups in total. The summed E-state index contributed by atoms with van der Waals surface area (Å²) in [5, 5.41) is 12.3. The minimum atomic E-state index is -4.50. The number of benzene rings is 1. The summed E-state index contributed by atoms with van der Waals surface area (Å²) in [6.45, 7) is 0. The predicted octanol–water partition coefficient (Wildman–Crippen LogP) is 4.19. The Morgan fingerprint density at radius 1 is 1.13 bits per heavy atom. The fraction of sp³-hybridized carbons (Fsp3) is 0.438. The average Bonchev–Trinajstić information content (AvgIpc) is 2.54. The Morgan fingerprint density at radius 3 is 2.52 bits per heavy atom. The maximum absolute atomic E-state index is 13.2. The first-order chi connectivity index (χ1) is 10.9. The zero-order valence-electron chi connectivity index (χ0n) is 12.4. The standard InChI is InChI=1S/C16H17F3N3O/c17-16(18,19)13-9-5-4-8-12(13)15-20-14(10-22(23)21-15)11-6-2-1-3-7-11/h4-5,8-11H,1-3,6-7H2,(H,20,21)/q-1. The molecular formula is C16H17F3N3O-. The first-order valence-corrected chi connectivity index (χ1v) is 7.65. The summed E-state index contributed by atoms with van der Waals surface area (Å²) in [5.74, 6) is 0.0892. The zero-order chi connectivity index (χ0) is 16.4. The number of rotatable bonds is 2. The van der Waals surface area contributed by atoms with Crippen LogP contribution in [0.1, 0.15) is 43.2 Å². The van der Waals surface area contributed by atoms with E-state index in [0.717, 1.165) is 38.2 Å². The lowest BCUT2D eigenvalue weighted by molar-refractivity contribution is -0.137. The van der Waals surface area contributed by atoms with Crippen LogP contribution in [0.2, 0.25) is 0 Å². The summed E-state index contributed by atoms with van der Waals surface area (Å²) in [4.78, 5) is 4.33. The minimum Gasteiger partial charge on any atom is -0.739 e. The Balaban J connectivity index is 1.96. The first kappa shape index (κ1) is 15.9. The molecule has 1 saturated carbocycles. The lowest BCUT2D eigenvalue weighted by Crippen LogP contribution is -2.39. The fourth-order valence-electron chi connectivity index (χ4n) is 3.09. The third-order valence-corrected chi connectivity index (χ3v) is 4.22. The lowest BCUT2D eigenvalue weighted by Gasteiger charge is -2.35. The van der Waals surface area contributed by atoms with Gasteiger partial charge in [0.2, 0.25) is 0 Å². The largest absolute Gasteiger partial charge is 0.739 e. The highest BCUT2D eigenvalue weighted by Crippen LogP contribution is 2.34. The summed E-state index contributed by atoms with van der Waals surface area (Å²) >= 11 is 0. The summed E-state index contributed by atoms with van der Waals surface area (Å²) in [6.07, 6.45) is 1.91. The summed E-state index contributed by atoms with van der Waals surface area (Å²) in [7, 11) is 0. The molecular weight excluding hydrogens is 307 g/mol. The maximum atomic E-state index is 13.2. The van der Waals surface area contributed by atoms with E-state index in [1.165, 1.54) is 24.4 Å². The van der Waals surface area contributed by atoms with Gasteiger partial charge in [-0.05, 0) is 18.9 Å². The molecule has 1 aliphatic carbocycles. The number of hydrazine groups is 1. The van der Waals surface area contributed by atoms with Crippen LogP contribution >= 0.6 is 0 Å². The van der Waals surface area contributed by atoms with Crippen molar-refractivity contribution < 1.29 is 13.2 Å². The number of allylic oxidation sites excluding steroid dienone is 1. The Bertz CT molecular complexity index is 634. The predicted molar refractivity (Wildman–Crippen MR) is 81.0 cm³/mol. The van der Waals surface area contributed by atoms with Crippen molar-refractivity contribution in [1.82, 2.24) is 10.6 Å². The van der Waals surface area contributed by atoms with Crippen LogP contribution in [-0.4, -0.2) is 11.0 Å². The first-order valence-electron chi connectivity index (χ1n) is 7.65. The number of alkyl halides is 3. The number of hydrogen-bond donors (Lipinski definition) is 1. The van der Waals surface area contributed by atoms with Gasteiger partial charge in [-0.25, -0.2) is 4.99 Å². The number of halogens is 3. The fourth-order valence-corrected chi connectivity index (χ4v) is 3.09. The van der Waals surface area contributed by atoms with E-state index in [1.54, 1.807) is 0 Å². The molecule has 1 aromatic rings. The maximum Gasteiger partial charge on any atom is 0.417 e.